The second-order valence-electron chi connectivity index (χ2n) is 6.39. The average Bonchev–Trinajstić information content (AvgIpc) is 3.07. The maximum atomic E-state index is 6.24. The summed E-state index contributed by atoms with van der Waals surface area (Å²) in [4.78, 5) is 2.66. The van der Waals surface area contributed by atoms with Crippen molar-refractivity contribution in [3.05, 3.63) is 35.9 Å². The molecule has 2 saturated carbocycles. The Balaban J connectivity index is 1.81. The molecule has 0 aliphatic heterocycles. The fourth-order valence-electron chi connectivity index (χ4n) is 4.57. The first kappa shape index (κ1) is 13.1. The smallest absolute Gasteiger partial charge is 0.0365 e. The Morgan fingerprint density at radius 1 is 1.26 bits per heavy atom. The minimum absolute atomic E-state index is 0.285. The molecule has 0 aromatic heterocycles. The Hall–Kier alpha value is -0.860. The van der Waals surface area contributed by atoms with Crippen molar-refractivity contribution in [1.29, 1.82) is 0 Å². The molecule has 2 fully saturated rings. The quantitative estimate of drug-likeness (QED) is 0.879. The zero-order valence-electron chi connectivity index (χ0n) is 12.0. The van der Waals surface area contributed by atoms with Gasteiger partial charge in [-0.15, -0.1) is 0 Å². The molecular weight excluding hydrogens is 232 g/mol. The van der Waals surface area contributed by atoms with Gasteiger partial charge in [-0.2, -0.15) is 0 Å². The van der Waals surface area contributed by atoms with Gasteiger partial charge in [0.15, 0.2) is 0 Å². The van der Waals surface area contributed by atoms with E-state index in [1.165, 1.54) is 31.2 Å². The summed E-state index contributed by atoms with van der Waals surface area (Å²) in [6.45, 7) is 5.27. The number of hydrogen-bond donors (Lipinski definition) is 1. The molecule has 2 nitrogen and oxygen atoms in total. The number of fused-ring (bicyclic) bond motifs is 2. The van der Waals surface area contributed by atoms with Crippen molar-refractivity contribution in [2.24, 2.45) is 17.6 Å². The molecule has 2 bridgehead atoms. The molecule has 19 heavy (non-hydrogen) atoms. The van der Waals surface area contributed by atoms with Crippen LogP contribution < -0.4 is 5.73 Å². The van der Waals surface area contributed by atoms with E-state index in [1.807, 2.05) is 0 Å². The molecule has 3 unspecified atom stereocenters. The van der Waals surface area contributed by atoms with Gasteiger partial charge in [-0.1, -0.05) is 43.7 Å². The van der Waals surface area contributed by atoms with Gasteiger partial charge in [0, 0.05) is 18.6 Å². The van der Waals surface area contributed by atoms with Crippen molar-refractivity contribution in [1.82, 2.24) is 4.90 Å². The third-order valence-corrected chi connectivity index (χ3v) is 5.52. The maximum Gasteiger partial charge on any atom is 0.0365 e. The van der Waals surface area contributed by atoms with Crippen LogP contribution in [0.1, 0.15) is 38.2 Å². The van der Waals surface area contributed by atoms with Crippen LogP contribution in [-0.2, 0) is 6.54 Å². The molecule has 3 atom stereocenters. The molecule has 0 heterocycles. The van der Waals surface area contributed by atoms with Crippen LogP contribution >= 0.6 is 0 Å². The molecule has 1 aromatic rings. The fourth-order valence-corrected chi connectivity index (χ4v) is 4.57. The second kappa shape index (κ2) is 5.26. The summed E-state index contributed by atoms with van der Waals surface area (Å²) in [7, 11) is 0. The van der Waals surface area contributed by atoms with Crippen molar-refractivity contribution in [2.45, 2.75) is 44.7 Å². The van der Waals surface area contributed by atoms with Crippen LogP contribution in [0.5, 0.6) is 0 Å². The van der Waals surface area contributed by atoms with Crippen LogP contribution in [-0.4, -0.2) is 23.5 Å². The van der Waals surface area contributed by atoms with E-state index in [0.29, 0.717) is 0 Å². The summed E-state index contributed by atoms with van der Waals surface area (Å²) < 4.78 is 0. The highest BCUT2D eigenvalue weighted by Gasteiger charge is 2.52. The van der Waals surface area contributed by atoms with E-state index in [9.17, 15) is 0 Å². The lowest BCUT2D eigenvalue weighted by molar-refractivity contribution is 0.0390. The van der Waals surface area contributed by atoms with Gasteiger partial charge in [0.1, 0.15) is 0 Å². The van der Waals surface area contributed by atoms with Gasteiger partial charge in [0.05, 0.1) is 0 Å². The third-order valence-electron chi connectivity index (χ3n) is 5.52. The summed E-state index contributed by atoms with van der Waals surface area (Å²) in [5.41, 5.74) is 7.95. The van der Waals surface area contributed by atoms with Crippen LogP contribution in [0.15, 0.2) is 30.3 Å². The molecule has 2 N–H and O–H groups in total. The highest BCUT2D eigenvalue weighted by atomic mass is 15.2. The van der Waals surface area contributed by atoms with Gasteiger partial charge in [0.25, 0.3) is 0 Å². The van der Waals surface area contributed by atoms with Crippen molar-refractivity contribution in [3.63, 3.8) is 0 Å². The van der Waals surface area contributed by atoms with Gasteiger partial charge in [-0.3, -0.25) is 4.90 Å². The predicted molar refractivity (Wildman–Crippen MR) is 79.8 cm³/mol. The van der Waals surface area contributed by atoms with Gasteiger partial charge in [0.2, 0.25) is 0 Å². The number of likely N-dealkylation sites (N-methyl/N-ethyl adjacent to an activating group) is 1. The summed E-state index contributed by atoms with van der Waals surface area (Å²) in [6, 6.07) is 10.8. The SMILES string of the molecule is CCN(Cc1ccccc1)C1(CN)CC2CCC1C2. The van der Waals surface area contributed by atoms with Gasteiger partial charge in [-0.05, 0) is 43.2 Å². The minimum Gasteiger partial charge on any atom is -0.329 e. The van der Waals surface area contributed by atoms with E-state index in [-0.39, 0.29) is 5.54 Å². The molecule has 0 saturated heterocycles. The summed E-state index contributed by atoms with van der Waals surface area (Å²) in [5, 5.41) is 0. The zero-order valence-corrected chi connectivity index (χ0v) is 12.0. The molecule has 0 spiro atoms. The number of rotatable bonds is 5. The lowest BCUT2D eigenvalue weighted by Crippen LogP contribution is -2.56. The van der Waals surface area contributed by atoms with Crippen molar-refractivity contribution < 1.29 is 0 Å². The summed E-state index contributed by atoms with van der Waals surface area (Å²) >= 11 is 0. The number of hydrogen-bond acceptors (Lipinski definition) is 2. The van der Waals surface area contributed by atoms with Crippen molar-refractivity contribution in [2.75, 3.05) is 13.1 Å². The molecular formula is C17H26N2. The largest absolute Gasteiger partial charge is 0.329 e. The molecule has 2 aliphatic rings. The first-order chi connectivity index (χ1) is 9.28. The van der Waals surface area contributed by atoms with Crippen LogP contribution in [0.3, 0.4) is 0 Å². The molecule has 3 rings (SSSR count). The van der Waals surface area contributed by atoms with E-state index in [1.54, 1.807) is 0 Å². The van der Waals surface area contributed by atoms with Crippen LogP contribution in [0.4, 0.5) is 0 Å². The zero-order chi connectivity index (χ0) is 13.3. The normalized spacial score (nSPS) is 33.2. The van der Waals surface area contributed by atoms with Gasteiger partial charge >= 0.3 is 0 Å². The van der Waals surface area contributed by atoms with E-state index in [2.05, 4.69) is 42.2 Å². The van der Waals surface area contributed by atoms with Gasteiger partial charge in [-0.25, -0.2) is 0 Å². The van der Waals surface area contributed by atoms with E-state index >= 15 is 0 Å². The standard InChI is InChI=1S/C17H26N2/c1-2-19(12-14-6-4-3-5-7-14)17(13-18)11-15-8-9-16(17)10-15/h3-7,15-16H,2,8-13,18H2,1H3. The summed E-state index contributed by atoms with van der Waals surface area (Å²) in [6.07, 6.45) is 5.58. The predicted octanol–water partition coefficient (Wildman–Crippen LogP) is 3.03. The molecule has 0 radical (unpaired) electrons. The lowest BCUT2D eigenvalue weighted by Gasteiger charge is -2.46. The Labute approximate surface area is 117 Å². The van der Waals surface area contributed by atoms with Crippen molar-refractivity contribution in [3.8, 4) is 0 Å². The van der Waals surface area contributed by atoms with E-state index in [0.717, 1.165) is 31.5 Å². The number of benzene rings is 1. The van der Waals surface area contributed by atoms with E-state index in [4.69, 9.17) is 5.73 Å². The topological polar surface area (TPSA) is 29.3 Å². The molecule has 104 valence electrons. The molecule has 2 aliphatic carbocycles. The third kappa shape index (κ3) is 2.21. The monoisotopic (exact) mass is 258 g/mol. The van der Waals surface area contributed by atoms with Gasteiger partial charge < -0.3 is 5.73 Å². The fraction of sp³-hybridized carbons (Fsp3) is 0.647. The summed E-state index contributed by atoms with van der Waals surface area (Å²) in [5.74, 6) is 1.78. The first-order valence-corrected chi connectivity index (χ1v) is 7.77. The molecule has 2 heteroatoms. The Morgan fingerprint density at radius 2 is 2.05 bits per heavy atom. The highest BCUT2D eigenvalue weighted by molar-refractivity contribution is 5.16. The molecule has 0 amide bonds. The maximum absolute atomic E-state index is 6.24. The lowest BCUT2D eigenvalue weighted by atomic mass is 9.79. The van der Waals surface area contributed by atoms with Crippen LogP contribution in [0.25, 0.3) is 0 Å². The van der Waals surface area contributed by atoms with Crippen molar-refractivity contribution >= 4 is 0 Å². The van der Waals surface area contributed by atoms with Crippen LogP contribution in [0, 0.1) is 11.8 Å². The first-order valence-electron chi connectivity index (χ1n) is 7.77. The highest BCUT2D eigenvalue weighted by Crippen LogP contribution is 2.53. The molecule has 1 aromatic carbocycles. The Morgan fingerprint density at radius 3 is 2.58 bits per heavy atom. The Bertz CT molecular complexity index is 417. The van der Waals surface area contributed by atoms with E-state index < -0.39 is 0 Å². The number of nitrogens with two attached hydrogens (primary N) is 1. The second-order valence-corrected chi connectivity index (χ2v) is 6.39. The Kier molecular flexibility index (Phi) is 3.64. The number of nitrogens with zero attached hydrogens (tertiary/aromatic N) is 1. The van der Waals surface area contributed by atoms with Crippen LogP contribution in [0.2, 0.25) is 0 Å². The average molecular weight is 258 g/mol. The minimum atomic E-state index is 0.285.